The maximum Gasteiger partial charge on any atom is 0.306 e. The Bertz CT molecular complexity index is 1230. The Labute approximate surface area is 374 Å². The third-order valence-corrected chi connectivity index (χ3v) is 10.6. The molecule has 0 heterocycles. The summed E-state index contributed by atoms with van der Waals surface area (Å²) in [6.07, 6.45) is 55.0. The van der Waals surface area contributed by atoms with Crippen LogP contribution in [-0.2, 0) is 28.6 Å². The molecular weight excluding hydrogens is 763 g/mol. The Balaban J connectivity index is 4.29. The van der Waals surface area contributed by atoms with Crippen molar-refractivity contribution in [1.29, 1.82) is 0 Å². The molecule has 8 nitrogen and oxygen atoms in total. The van der Waals surface area contributed by atoms with Crippen molar-refractivity contribution in [2.24, 2.45) is 0 Å². The van der Waals surface area contributed by atoms with Crippen LogP contribution in [0, 0.1) is 0 Å². The quantitative estimate of drug-likeness (QED) is 0.0260. The number of carbonyl (C=O) groups excluding carboxylic acids is 3. The fourth-order valence-corrected chi connectivity index (χ4v) is 6.86. The second kappa shape index (κ2) is 43.4. The monoisotopic (exact) mass is 854 g/mol. The lowest BCUT2D eigenvalue weighted by Crippen LogP contribution is -2.55. The van der Waals surface area contributed by atoms with Crippen LogP contribution in [0.25, 0.3) is 0 Å². The van der Waals surface area contributed by atoms with Gasteiger partial charge in [0.1, 0.15) is 12.6 Å². The average Bonchev–Trinajstić information content (AvgIpc) is 3.22. The number of aliphatic carboxylic acids is 1. The number of quaternary nitrogens is 1. The summed E-state index contributed by atoms with van der Waals surface area (Å²) < 4.78 is 17.2. The Kier molecular flexibility index (Phi) is 41.1. The molecule has 0 aromatic heterocycles. The molecule has 61 heavy (non-hydrogen) atoms. The third kappa shape index (κ3) is 41.9. The molecular formula is C53H91NO7. The normalized spacial score (nSPS) is 13.5. The Morgan fingerprint density at radius 2 is 0.869 bits per heavy atom. The van der Waals surface area contributed by atoms with Crippen LogP contribution in [0.5, 0.6) is 0 Å². The van der Waals surface area contributed by atoms with E-state index in [1.165, 1.54) is 77.0 Å². The smallest absolute Gasteiger partial charge is 0.306 e. The van der Waals surface area contributed by atoms with Crippen molar-refractivity contribution in [2.75, 3.05) is 41.0 Å². The standard InChI is InChI=1S/C53H91NO7/c1-6-8-10-12-14-16-18-20-22-24-25-26-27-28-30-32-34-36-38-40-42-44-52(56)61-49(47-59-46-45-50(53(57)58)54(3,4)5)48-60-51(55)43-41-39-37-35-33-31-29-23-21-19-17-15-13-11-9-7-2/h8-11,14-17,21,23,31,33,49-50H,6-7,12-13,18-20,22,24-30,32,34-48H2,1-5H3/b10-8+,11-9+,16-14+,17-15+,23-21+,33-31+. The molecule has 0 radical (unpaired) electrons. The zero-order chi connectivity index (χ0) is 44.9. The highest BCUT2D eigenvalue weighted by atomic mass is 16.6. The molecule has 0 aromatic rings. The highest BCUT2D eigenvalue weighted by Gasteiger charge is 2.25. The van der Waals surface area contributed by atoms with Crippen LogP contribution in [0.4, 0.5) is 0 Å². The van der Waals surface area contributed by atoms with Crippen LogP contribution in [0.2, 0.25) is 0 Å². The molecule has 0 N–H and O–H groups in total. The number of hydrogen-bond donors (Lipinski definition) is 0. The van der Waals surface area contributed by atoms with Gasteiger partial charge in [-0.15, -0.1) is 0 Å². The van der Waals surface area contributed by atoms with Crippen LogP contribution in [0.1, 0.15) is 194 Å². The number of rotatable bonds is 43. The van der Waals surface area contributed by atoms with Crippen molar-refractivity contribution < 1.29 is 38.2 Å². The predicted octanol–water partition coefficient (Wildman–Crippen LogP) is 12.6. The molecule has 0 aromatic carbocycles. The van der Waals surface area contributed by atoms with Crippen LogP contribution >= 0.6 is 0 Å². The molecule has 0 spiro atoms. The molecule has 0 saturated carbocycles. The fourth-order valence-electron chi connectivity index (χ4n) is 6.86. The maximum absolute atomic E-state index is 12.8. The highest BCUT2D eigenvalue weighted by molar-refractivity contribution is 5.70. The number of likely N-dealkylation sites (N-methyl/N-ethyl adjacent to an activating group) is 1. The van der Waals surface area contributed by atoms with Crippen molar-refractivity contribution >= 4 is 17.9 Å². The van der Waals surface area contributed by atoms with E-state index in [-0.39, 0.29) is 42.7 Å². The van der Waals surface area contributed by atoms with Gasteiger partial charge in [-0.25, -0.2) is 0 Å². The SMILES string of the molecule is CC/C=C/C/C=C/C/C=C/C/C=C/CCCCCC(=O)OCC(COCCC(C(=O)[O-])[N+](C)(C)C)OC(=O)CCCCCCCCCCCCCCCC/C=C/C/C=C/CC. The summed E-state index contributed by atoms with van der Waals surface area (Å²) in [5, 5.41) is 11.7. The number of carboxylic acids is 1. The van der Waals surface area contributed by atoms with E-state index in [0.717, 1.165) is 83.5 Å². The lowest BCUT2D eigenvalue weighted by atomic mass is 10.0. The summed E-state index contributed by atoms with van der Waals surface area (Å²) >= 11 is 0. The highest BCUT2D eigenvalue weighted by Crippen LogP contribution is 2.15. The Hall–Kier alpha value is -3.23. The van der Waals surface area contributed by atoms with Crippen molar-refractivity contribution in [1.82, 2.24) is 0 Å². The second-order valence-electron chi connectivity index (χ2n) is 17.3. The van der Waals surface area contributed by atoms with Gasteiger partial charge in [0.2, 0.25) is 0 Å². The first-order valence-corrected chi connectivity index (χ1v) is 24.5. The van der Waals surface area contributed by atoms with Crippen molar-refractivity contribution in [2.45, 2.75) is 206 Å². The lowest BCUT2D eigenvalue weighted by molar-refractivity contribution is -0.889. The van der Waals surface area contributed by atoms with Gasteiger partial charge in [0, 0.05) is 19.3 Å². The molecule has 0 fully saturated rings. The molecule has 0 bridgehead atoms. The molecule has 0 aliphatic carbocycles. The summed E-state index contributed by atoms with van der Waals surface area (Å²) in [6.45, 7) is 4.42. The third-order valence-electron chi connectivity index (χ3n) is 10.6. The molecule has 8 heteroatoms. The second-order valence-corrected chi connectivity index (χ2v) is 17.3. The van der Waals surface area contributed by atoms with E-state index >= 15 is 0 Å². The summed E-state index contributed by atoms with van der Waals surface area (Å²) in [7, 11) is 5.40. The van der Waals surface area contributed by atoms with Crippen LogP contribution in [0.3, 0.4) is 0 Å². The van der Waals surface area contributed by atoms with E-state index in [1.54, 1.807) is 21.1 Å². The largest absolute Gasteiger partial charge is 0.544 e. The lowest BCUT2D eigenvalue weighted by Gasteiger charge is -2.34. The molecule has 0 aliphatic rings. The average molecular weight is 854 g/mol. The number of unbranched alkanes of at least 4 members (excludes halogenated alkanes) is 17. The summed E-state index contributed by atoms with van der Waals surface area (Å²) in [4.78, 5) is 37.0. The first kappa shape index (κ1) is 57.8. The maximum atomic E-state index is 12.8. The fraction of sp³-hybridized carbons (Fsp3) is 0.717. The van der Waals surface area contributed by atoms with Crippen molar-refractivity contribution in [3.8, 4) is 0 Å². The van der Waals surface area contributed by atoms with E-state index in [1.807, 2.05) is 0 Å². The number of allylic oxidation sites excluding steroid dienone is 12. The summed E-state index contributed by atoms with van der Waals surface area (Å²) in [5.74, 6) is -1.78. The van der Waals surface area contributed by atoms with Gasteiger partial charge in [0.05, 0.1) is 40.3 Å². The zero-order valence-electron chi connectivity index (χ0n) is 39.8. The van der Waals surface area contributed by atoms with Gasteiger partial charge < -0.3 is 28.6 Å². The minimum atomic E-state index is -1.13. The van der Waals surface area contributed by atoms with Gasteiger partial charge in [-0.1, -0.05) is 170 Å². The molecule has 2 atom stereocenters. The van der Waals surface area contributed by atoms with Gasteiger partial charge in [0.15, 0.2) is 6.10 Å². The summed E-state index contributed by atoms with van der Waals surface area (Å²) in [6, 6.07) is -0.734. The number of ether oxygens (including phenoxy) is 3. The predicted molar refractivity (Wildman–Crippen MR) is 254 cm³/mol. The number of hydrogen-bond acceptors (Lipinski definition) is 7. The first-order valence-electron chi connectivity index (χ1n) is 24.5. The van der Waals surface area contributed by atoms with Gasteiger partial charge >= 0.3 is 11.9 Å². The number of esters is 2. The minimum Gasteiger partial charge on any atom is -0.544 e. The van der Waals surface area contributed by atoms with Gasteiger partial charge in [-0.3, -0.25) is 9.59 Å². The van der Waals surface area contributed by atoms with Crippen molar-refractivity contribution in [3.05, 3.63) is 72.9 Å². The molecule has 2 unspecified atom stereocenters. The van der Waals surface area contributed by atoms with E-state index in [0.29, 0.717) is 12.8 Å². The molecule has 0 amide bonds. The van der Waals surface area contributed by atoms with Gasteiger partial charge in [-0.05, 0) is 77.0 Å². The Morgan fingerprint density at radius 1 is 0.492 bits per heavy atom. The van der Waals surface area contributed by atoms with E-state index in [2.05, 4.69) is 86.8 Å². The molecule has 0 rings (SSSR count). The number of nitrogens with zero attached hydrogens (tertiary/aromatic N) is 1. The topological polar surface area (TPSA) is 102 Å². The first-order chi connectivity index (χ1) is 29.6. The van der Waals surface area contributed by atoms with E-state index in [4.69, 9.17) is 14.2 Å². The van der Waals surface area contributed by atoms with Crippen LogP contribution in [0.15, 0.2) is 72.9 Å². The molecule has 0 aliphatic heterocycles. The van der Waals surface area contributed by atoms with Crippen LogP contribution < -0.4 is 5.11 Å². The van der Waals surface area contributed by atoms with E-state index in [9.17, 15) is 19.5 Å². The molecule has 350 valence electrons. The van der Waals surface area contributed by atoms with Gasteiger partial charge in [-0.2, -0.15) is 0 Å². The number of carbonyl (C=O) groups is 3. The minimum absolute atomic E-state index is 0.0280. The number of carboxylic acid groups (broad SMARTS) is 1. The van der Waals surface area contributed by atoms with Gasteiger partial charge in [0.25, 0.3) is 0 Å². The summed E-state index contributed by atoms with van der Waals surface area (Å²) in [5.41, 5.74) is 0. The van der Waals surface area contributed by atoms with Crippen LogP contribution in [-0.4, -0.2) is 75.5 Å². The zero-order valence-corrected chi connectivity index (χ0v) is 39.8. The van der Waals surface area contributed by atoms with E-state index < -0.39 is 18.1 Å². The Morgan fingerprint density at radius 3 is 1.30 bits per heavy atom. The molecule has 0 saturated heterocycles. The van der Waals surface area contributed by atoms with Crippen molar-refractivity contribution in [3.63, 3.8) is 0 Å².